The predicted molar refractivity (Wildman–Crippen MR) is 88.5 cm³/mol. The van der Waals surface area contributed by atoms with E-state index in [9.17, 15) is 4.39 Å². The van der Waals surface area contributed by atoms with Gasteiger partial charge in [-0.15, -0.1) is 0 Å². The quantitative estimate of drug-likeness (QED) is 0.600. The fourth-order valence-corrected chi connectivity index (χ4v) is 2.15. The van der Waals surface area contributed by atoms with Gasteiger partial charge in [0.1, 0.15) is 5.82 Å². The third kappa shape index (κ3) is 5.25. The van der Waals surface area contributed by atoms with Crippen LogP contribution in [0.2, 0.25) is 0 Å². The van der Waals surface area contributed by atoms with Gasteiger partial charge in [0, 0.05) is 26.2 Å². The topological polar surface area (TPSA) is 39.7 Å². The van der Waals surface area contributed by atoms with Crippen LogP contribution in [0.4, 0.5) is 10.1 Å². The summed E-state index contributed by atoms with van der Waals surface area (Å²) in [5.74, 6) is 0.577. The average molecular weight is 294 g/mol. The first kappa shape index (κ1) is 17.3. The van der Waals surface area contributed by atoms with Crippen molar-refractivity contribution >= 4 is 11.6 Å². The van der Waals surface area contributed by atoms with Crippen LogP contribution in [0.1, 0.15) is 33.3 Å². The molecule has 1 rings (SSSR count). The summed E-state index contributed by atoms with van der Waals surface area (Å²) in [7, 11) is 0. The fourth-order valence-electron chi connectivity index (χ4n) is 2.15. The van der Waals surface area contributed by atoms with Crippen LogP contribution in [0.25, 0.3) is 0 Å². The maximum atomic E-state index is 14.2. The van der Waals surface area contributed by atoms with E-state index in [-0.39, 0.29) is 5.82 Å². The lowest BCUT2D eigenvalue weighted by Crippen LogP contribution is -2.36. The minimum absolute atomic E-state index is 0.181. The largest absolute Gasteiger partial charge is 0.370 e. The monoisotopic (exact) mass is 294 g/mol. The van der Waals surface area contributed by atoms with E-state index in [2.05, 4.69) is 15.6 Å². The van der Waals surface area contributed by atoms with Crippen LogP contribution in [0, 0.1) is 5.82 Å². The van der Waals surface area contributed by atoms with Crippen molar-refractivity contribution in [3.05, 3.63) is 29.6 Å². The highest BCUT2D eigenvalue weighted by Gasteiger charge is 2.09. The molecule has 0 saturated heterocycles. The molecule has 0 aliphatic heterocycles. The van der Waals surface area contributed by atoms with E-state index in [0.29, 0.717) is 12.2 Å². The molecule has 0 heterocycles. The van der Waals surface area contributed by atoms with E-state index in [1.54, 1.807) is 6.07 Å². The molecule has 0 amide bonds. The van der Waals surface area contributed by atoms with E-state index >= 15 is 0 Å². The second-order valence-electron chi connectivity index (χ2n) is 4.68. The van der Waals surface area contributed by atoms with Gasteiger partial charge in [-0.1, -0.05) is 6.07 Å². The van der Waals surface area contributed by atoms with Gasteiger partial charge < -0.3 is 15.5 Å². The molecule has 0 aromatic heterocycles. The maximum Gasteiger partial charge on any atom is 0.191 e. The third-order valence-electron chi connectivity index (χ3n) is 3.22. The summed E-state index contributed by atoms with van der Waals surface area (Å²) < 4.78 is 14.2. The van der Waals surface area contributed by atoms with Gasteiger partial charge >= 0.3 is 0 Å². The Kier molecular flexibility index (Phi) is 7.58. The van der Waals surface area contributed by atoms with Crippen LogP contribution >= 0.6 is 0 Å². The van der Waals surface area contributed by atoms with Crippen LogP contribution in [-0.2, 0) is 6.54 Å². The molecule has 1 aromatic carbocycles. The Hall–Kier alpha value is -1.78. The highest BCUT2D eigenvalue weighted by atomic mass is 19.1. The first-order valence-electron chi connectivity index (χ1n) is 7.71. The van der Waals surface area contributed by atoms with Crippen LogP contribution in [0.5, 0.6) is 0 Å². The Morgan fingerprint density at radius 3 is 2.19 bits per heavy atom. The highest BCUT2D eigenvalue weighted by Crippen LogP contribution is 2.20. The lowest BCUT2D eigenvalue weighted by Gasteiger charge is -2.21. The number of guanidine groups is 1. The van der Waals surface area contributed by atoms with Crippen LogP contribution in [0.3, 0.4) is 0 Å². The Balaban J connectivity index is 2.81. The van der Waals surface area contributed by atoms with Crippen molar-refractivity contribution in [3.63, 3.8) is 0 Å². The molecule has 0 aliphatic carbocycles. The van der Waals surface area contributed by atoms with Crippen molar-refractivity contribution in [3.8, 4) is 0 Å². The Bertz CT molecular complexity index is 448. The molecule has 0 bridgehead atoms. The SMILES string of the molecule is CCNC(=NCc1ccc(N(CC)CC)c(F)c1)NCC. The number of rotatable bonds is 7. The standard InChI is InChI=1S/C16H27FN4/c1-5-18-16(19-6-2)20-12-13-9-10-15(14(17)11-13)21(7-3)8-4/h9-11H,5-8,12H2,1-4H3,(H2,18,19,20). The van der Waals surface area contributed by atoms with Gasteiger partial charge in [0.2, 0.25) is 0 Å². The Morgan fingerprint density at radius 2 is 1.71 bits per heavy atom. The number of halogens is 1. The molecule has 4 nitrogen and oxygen atoms in total. The highest BCUT2D eigenvalue weighted by molar-refractivity contribution is 5.79. The lowest BCUT2D eigenvalue weighted by molar-refractivity contribution is 0.617. The van der Waals surface area contributed by atoms with Gasteiger partial charge in [0.05, 0.1) is 12.2 Å². The molecule has 0 aliphatic rings. The second kappa shape index (κ2) is 9.21. The summed E-state index contributed by atoms with van der Waals surface area (Å²) in [5.41, 5.74) is 1.53. The lowest BCUT2D eigenvalue weighted by atomic mass is 10.2. The van der Waals surface area contributed by atoms with Crippen molar-refractivity contribution < 1.29 is 4.39 Å². The molecule has 21 heavy (non-hydrogen) atoms. The summed E-state index contributed by atoms with van der Waals surface area (Å²) in [5, 5.41) is 6.31. The number of hydrogen-bond donors (Lipinski definition) is 2. The molecule has 0 spiro atoms. The zero-order valence-corrected chi connectivity index (χ0v) is 13.5. The fraction of sp³-hybridized carbons (Fsp3) is 0.562. The van der Waals surface area contributed by atoms with Crippen molar-refractivity contribution in [1.29, 1.82) is 0 Å². The second-order valence-corrected chi connectivity index (χ2v) is 4.68. The van der Waals surface area contributed by atoms with Crippen LogP contribution < -0.4 is 15.5 Å². The summed E-state index contributed by atoms with van der Waals surface area (Å²) in [6.07, 6.45) is 0. The molecular formula is C16H27FN4. The van der Waals surface area contributed by atoms with Crippen molar-refractivity contribution in [1.82, 2.24) is 10.6 Å². The number of nitrogens with one attached hydrogen (secondary N) is 2. The Morgan fingerprint density at radius 1 is 1.10 bits per heavy atom. The molecule has 2 N–H and O–H groups in total. The summed E-state index contributed by atoms with van der Waals surface area (Å²) in [4.78, 5) is 6.45. The maximum absolute atomic E-state index is 14.2. The Labute approximate surface area is 127 Å². The molecule has 118 valence electrons. The van der Waals surface area contributed by atoms with Gasteiger partial charge in [-0.05, 0) is 45.4 Å². The summed E-state index contributed by atoms with van der Waals surface area (Å²) in [6.45, 7) is 11.8. The molecule has 0 fully saturated rings. The van der Waals surface area contributed by atoms with Crippen molar-refractivity contribution in [2.45, 2.75) is 34.2 Å². The van der Waals surface area contributed by atoms with E-state index in [1.807, 2.05) is 44.7 Å². The molecule has 0 radical (unpaired) electrons. The predicted octanol–water partition coefficient (Wildman–Crippen LogP) is 2.75. The van der Waals surface area contributed by atoms with Crippen molar-refractivity contribution in [2.75, 3.05) is 31.1 Å². The first-order valence-corrected chi connectivity index (χ1v) is 7.71. The zero-order valence-electron chi connectivity index (χ0n) is 13.5. The number of benzene rings is 1. The van der Waals surface area contributed by atoms with Gasteiger partial charge in [0.25, 0.3) is 0 Å². The van der Waals surface area contributed by atoms with Gasteiger partial charge in [0.15, 0.2) is 5.96 Å². The van der Waals surface area contributed by atoms with E-state index in [1.165, 1.54) is 0 Å². The van der Waals surface area contributed by atoms with Crippen LogP contribution in [0.15, 0.2) is 23.2 Å². The van der Waals surface area contributed by atoms with Crippen molar-refractivity contribution in [2.24, 2.45) is 4.99 Å². The van der Waals surface area contributed by atoms with E-state index < -0.39 is 0 Å². The van der Waals surface area contributed by atoms with Gasteiger partial charge in [-0.3, -0.25) is 0 Å². The molecule has 0 atom stereocenters. The van der Waals surface area contributed by atoms with Crippen LogP contribution in [-0.4, -0.2) is 32.1 Å². The number of nitrogens with zero attached hydrogens (tertiary/aromatic N) is 2. The third-order valence-corrected chi connectivity index (χ3v) is 3.22. The summed E-state index contributed by atoms with van der Waals surface area (Å²) in [6, 6.07) is 5.36. The molecule has 5 heteroatoms. The summed E-state index contributed by atoms with van der Waals surface area (Å²) >= 11 is 0. The number of aliphatic imine (C=N–C) groups is 1. The van der Waals surface area contributed by atoms with E-state index in [4.69, 9.17) is 0 Å². The van der Waals surface area contributed by atoms with Gasteiger partial charge in [-0.2, -0.15) is 0 Å². The molecule has 0 unspecified atom stereocenters. The van der Waals surface area contributed by atoms with E-state index in [0.717, 1.165) is 37.7 Å². The zero-order chi connectivity index (χ0) is 15.7. The molecule has 1 aromatic rings. The number of anilines is 1. The molecule has 0 saturated carbocycles. The number of hydrogen-bond acceptors (Lipinski definition) is 2. The van der Waals surface area contributed by atoms with Gasteiger partial charge in [-0.25, -0.2) is 9.38 Å². The minimum atomic E-state index is -0.181. The smallest absolute Gasteiger partial charge is 0.191 e. The normalized spacial score (nSPS) is 10.1. The minimum Gasteiger partial charge on any atom is -0.370 e. The first-order chi connectivity index (χ1) is 10.2. The average Bonchev–Trinajstić information content (AvgIpc) is 2.48. The molecular weight excluding hydrogens is 267 g/mol.